The molecule has 8 nitrogen and oxygen atoms in total. The Bertz CT molecular complexity index is 1140. The molecule has 1 aliphatic rings. The van der Waals surface area contributed by atoms with E-state index in [1.807, 2.05) is 12.1 Å². The molecule has 0 amide bonds. The van der Waals surface area contributed by atoms with E-state index in [9.17, 15) is 10.2 Å². The summed E-state index contributed by atoms with van der Waals surface area (Å²) in [6.45, 7) is 0. The fourth-order valence-electron chi connectivity index (χ4n) is 4.92. The third-order valence-corrected chi connectivity index (χ3v) is 6.63. The number of rotatable bonds is 8. The predicted molar refractivity (Wildman–Crippen MR) is 130 cm³/mol. The first kappa shape index (κ1) is 24.2. The fourth-order valence-corrected chi connectivity index (χ4v) is 4.92. The van der Waals surface area contributed by atoms with E-state index in [0.29, 0.717) is 52.0 Å². The molecule has 3 aromatic rings. The normalized spacial score (nSPS) is 16.4. The van der Waals surface area contributed by atoms with E-state index in [-0.39, 0.29) is 23.3 Å². The molecule has 4 rings (SSSR count). The molecule has 0 saturated heterocycles. The summed E-state index contributed by atoms with van der Waals surface area (Å²) in [6.07, 6.45) is 0.567. The van der Waals surface area contributed by atoms with Crippen molar-refractivity contribution in [2.24, 2.45) is 0 Å². The van der Waals surface area contributed by atoms with Gasteiger partial charge in [0.2, 0.25) is 0 Å². The Kier molecular flexibility index (Phi) is 6.73. The van der Waals surface area contributed by atoms with Gasteiger partial charge in [-0.2, -0.15) is 0 Å². The molecule has 2 N–H and O–H groups in total. The molecule has 2 atom stereocenters. The van der Waals surface area contributed by atoms with Gasteiger partial charge in [0.05, 0.1) is 42.7 Å². The zero-order valence-corrected chi connectivity index (χ0v) is 20.7. The van der Waals surface area contributed by atoms with E-state index in [0.717, 1.165) is 11.1 Å². The third-order valence-electron chi connectivity index (χ3n) is 6.63. The average molecular weight is 483 g/mol. The lowest BCUT2D eigenvalue weighted by atomic mass is 9.89. The van der Waals surface area contributed by atoms with Crippen LogP contribution in [0.1, 0.15) is 40.5 Å². The number of hydrogen-bond donors (Lipinski definition) is 2. The zero-order valence-electron chi connectivity index (χ0n) is 20.7. The van der Waals surface area contributed by atoms with Crippen LogP contribution in [0.15, 0.2) is 36.4 Å². The second-order valence-electron chi connectivity index (χ2n) is 8.21. The van der Waals surface area contributed by atoms with Crippen molar-refractivity contribution in [2.75, 3.05) is 42.7 Å². The first-order valence-electron chi connectivity index (χ1n) is 11.1. The molecule has 0 bridgehead atoms. The van der Waals surface area contributed by atoms with Gasteiger partial charge in [-0.15, -0.1) is 0 Å². The first-order valence-corrected chi connectivity index (χ1v) is 11.1. The van der Waals surface area contributed by atoms with Crippen molar-refractivity contribution in [1.82, 2.24) is 0 Å². The number of fused-ring (bicyclic) bond motifs is 1. The Morgan fingerprint density at radius 1 is 0.457 bits per heavy atom. The van der Waals surface area contributed by atoms with Gasteiger partial charge in [-0.1, -0.05) is 0 Å². The Labute approximate surface area is 204 Å². The number of aromatic hydroxyl groups is 2. The van der Waals surface area contributed by atoms with Crippen molar-refractivity contribution in [3.63, 3.8) is 0 Å². The van der Waals surface area contributed by atoms with Crippen LogP contribution < -0.4 is 28.4 Å². The minimum absolute atomic E-state index is 0.0885. The lowest BCUT2D eigenvalue weighted by Crippen LogP contribution is -2.01. The van der Waals surface area contributed by atoms with Crippen LogP contribution in [0.25, 0.3) is 0 Å². The standard InChI is InChI=1S/C27H30O8/c1-30-22-8-16-14(18-10-24(32-3)26(34-5)12-20(18)28)7-15(17(16)9-23(22)31-2)19-11-25(33-4)27(35-6)13-21(19)29/h8-15,28-29H,7H2,1-6H3. The molecule has 0 fully saturated rings. The molecule has 8 heteroatoms. The number of benzene rings is 3. The molecule has 3 aromatic carbocycles. The van der Waals surface area contributed by atoms with E-state index < -0.39 is 0 Å². The van der Waals surface area contributed by atoms with E-state index in [2.05, 4.69) is 0 Å². The van der Waals surface area contributed by atoms with Gasteiger partial charge in [-0.25, -0.2) is 0 Å². The van der Waals surface area contributed by atoms with Gasteiger partial charge in [0.15, 0.2) is 34.5 Å². The minimum atomic E-state index is -0.220. The molecule has 0 aliphatic heterocycles. The fraction of sp³-hybridized carbons (Fsp3) is 0.333. The zero-order chi connectivity index (χ0) is 25.3. The van der Waals surface area contributed by atoms with Gasteiger partial charge in [-0.05, 0) is 41.8 Å². The van der Waals surface area contributed by atoms with Crippen LogP contribution in [0.3, 0.4) is 0 Å². The molecule has 0 radical (unpaired) electrons. The largest absolute Gasteiger partial charge is 0.508 e. The number of methoxy groups -OCH3 is 6. The highest BCUT2D eigenvalue weighted by Gasteiger charge is 2.38. The van der Waals surface area contributed by atoms with Gasteiger partial charge < -0.3 is 38.6 Å². The van der Waals surface area contributed by atoms with Crippen molar-refractivity contribution >= 4 is 0 Å². The lowest BCUT2D eigenvalue weighted by Gasteiger charge is -2.19. The summed E-state index contributed by atoms with van der Waals surface area (Å²) in [5, 5.41) is 21.9. The second kappa shape index (κ2) is 9.74. The highest BCUT2D eigenvalue weighted by Crippen LogP contribution is 2.55. The molecule has 0 heterocycles. The summed E-state index contributed by atoms with van der Waals surface area (Å²) in [7, 11) is 9.32. The molecule has 0 saturated carbocycles. The van der Waals surface area contributed by atoms with Crippen LogP contribution in [-0.4, -0.2) is 52.9 Å². The van der Waals surface area contributed by atoms with Crippen LogP contribution >= 0.6 is 0 Å². The molecule has 1 aliphatic carbocycles. The highest BCUT2D eigenvalue weighted by atomic mass is 16.5. The minimum Gasteiger partial charge on any atom is -0.508 e. The maximum atomic E-state index is 10.9. The number of phenols is 2. The van der Waals surface area contributed by atoms with Crippen molar-refractivity contribution < 1.29 is 38.6 Å². The highest BCUT2D eigenvalue weighted by molar-refractivity contribution is 5.63. The number of ether oxygens (including phenoxy) is 6. The number of hydrogen-bond acceptors (Lipinski definition) is 8. The summed E-state index contributed by atoms with van der Waals surface area (Å²) < 4.78 is 32.8. The summed E-state index contributed by atoms with van der Waals surface area (Å²) in [5.74, 6) is 2.79. The van der Waals surface area contributed by atoms with Crippen LogP contribution in [0.5, 0.6) is 46.0 Å². The van der Waals surface area contributed by atoms with E-state index in [4.69, 9.17) is 28.4 Å². The van der Waals surface area contributed by atoms with Crippen molar-refractivity contribution in [2.45, 2.75) is 18.3 Å². The molecular formula is C27H30O8. The predicted octanol–water partition coefficient (Wildman–Crippen LogP) is 4.82. The monoisotopic (exact) mass is 482 g/mol. The summed E-state index contributed by atoms with van der Waals surface area (Å²) in [5.41, 5.74) is 3.26. The second-order valence-corrected chi connectivity index (χ2v) is 8.21. The maximum Gasteiger partial charge on any atom is 0.164 e. The number of phenolic OH excluding ortho intramolecular Hbond substituents is 2. The van der Waals surface area contributed by atoms with E-state index >= 15 is 0 Å². The first-order chi connectivity index (χ1) is 16.9. The average Bonchev–Trinajstić information content (AvgIpc) is 3.24. The van der Waals surface area contributed by atoms with E-state index in [1.165, 1.54) is 14.2 Å². The lowest BCUT2D eigenvalue weighted by molar-refractivity contribution is 0.349. The van der Waals surface area contributed by atoms with Gasteiger partial charge in [0.1, 0.15) is 11.5 Å². The molecule has 0 aromatic heterocycles. The third kappa shape index (κ3) is 4.09. The summed E-state index contributed by atoms with van der Waals surface area (Å²) >= 11 is 0. The van der Waals surface area contributed by atoms with Crippen molar-refractivity contribution in [1.29, 1.82) is 0 Å². The molecule has 35 heavy (non-hydrogen) atoms. The Hall–Kier alpha value is -3.94. The van der Waals surface area contributed by atoms with Crippen LogP contribution in [0.2, 0.25) is 0 Å². The molecular weight excluding hydrogens is 452 g/mol. The van der Waals surface area contributed by atoms with Crippen LogP contribution in [0.4, 0.5) is 0 Å². The van der Waals surface area contributed by atoms with Crippen LogP contribution in [0, 0.1) is 0 Å². The summed E-state index contributed by atoms with van der Waals surface area (Å²) in [4.78, 5) is 0. The Morgan fingerprint density at radius 3 is 1.00 bits per heavy atom. The quantitative estimate of drug-likeness (QED) is 0.472. The molecule has 0 spiro atoms. The Morgan fingerprint density at radius 2 is 0.714 bits per heavy atom. The SMILES string of the molecule is COc1cc(O)c(C2CC(c3cc(OC)c(OC)cc3O)c3cc(OC)c(OC)cc32)cc1OC. The smallest absolute Gasteiger partial charge is 0.164 e. The van der Waals surface area contributed by atoms with Gasteiger partial charge in [-0.3, -0.25) is 0 Å². The van der Waals surface area contributed by atoms with Crippen LogP contribution in [-0.2, 0) is 0 Å². The Balaban J connectivity index is 1.93. The summed E-state index contributed by atoms with van der Waals surface area (Å²) in [6, 6.07) is 10.5. The van der Waals surface area contributed by atoms with Gasteiger partial charge in [0.25, 0.3) is 0 Å². The topological polar surface area (TPSA) is 95.8 Å². The molecule has 2 unspecified atom stereocenters. The maximum absolute atomic E-state index is 10.9. The van der Waals surface area contributed by atoms with Gasteiger partial charge in [0, 0.05) is 35.1 Å². The van der Waals surface area contributed by atoms with Crippen molar-refractivity contribution in [3.8, 4) is 46.0 Å². The van der Waals surface area contributed by atoms with Crippen molar-refractivity contribution in [3.05, 3.63) is 58.7 Å². The molecule has 186 valence electrons. The van der Waals surface area contributed by atoms with Gasteiger partial charge >= 0.3 is 0 Å². The van der Waals surface area contributed by atoms with E-state index in [1.54, 1.807) is 52.7 Å².